The lowest BCUT2D eigenvalue weighted by molar-refractivity contribution is -0.299. The average molecular weight is 236 g/mol. The van der Waals surface area contributed by atoms with E-state index >= 15 is 0 Å². The van der Waals surface area contributed by atoms with Crippen LogP contribution in [0.25, 0.3) is 0 Å². The van der Waals surface area contributed by atoms with Gasteiger partial charge in [0.1, 0.15) is 0 Å². The molecule has 0 radical (unpaired) electrons. The Bertz CT molecular complexity index is 317. The monoisotopic (exact) mass is 236 g/mol. The Hall–Kier alpha value is -0.830. The van der Waals surface area contributed by atoms with Gasteiger partial charge in [-0.25, -0.2) is 0 Å². The highest BCUT2D eigenvalue weighted by Crippen LogP contribution is 2.39. The van der Waals surface area contributed by atoms with E-state index in [9.17, 15) is 9.90 Å². The minimum atomic E-state index is -0.941. The predicted molar refractivity (Wildman–Crippen MR) is 65.3 cm³/mol. The van der Waals surface area contributed by atoms with Gasteiger partial charge in [-0.2, -0.15) is 0 Å². The fourth-order valence-electron chi connectivity index (χ4n) is 3.59. The Morgan fingerprint density at radius 2 is 1.82 bits per heavy atom. The van der Waals surface area contributed by atoms with Gasteiger partial charge in [0, 0.05) is 13.1 Å². The van der Waals surface area contributed by atoms with Crippen LogP contribution in [0.4, 0.5) is 0 Å². The number of rotatable bonds is 2. The highest BCUT2D eigenvalue weighted by Gasteiger charge is 2.33. The molecule has 2 rings (SSSR count). The summed E-state index contributed by atoms with van der Waals surface area (Å²) >= 11 is 0. The van der Waals surface area contributed by atoms with Crippen LogP contribution in [0.1, 0.15) is 39.0 Å². The first-order valence-corrected chi connectivity index (χ1v) is 6.76. The fraction of sp³-hybridized carbons (Fsp3) is 0.786. The molecule has 2 unspecified atom stereocenters. The first kappa shape index (κ1) is 12.6. The van der Waals surface area contributed by atoms with Crippen molar-refractivity contribution in [3.8, 4) is 0 Å². The molecule has 0 amide bonds. The quantitative estimate of drug-likeness (QED) is 0.677. The van der Waals surface area contributed by atoms with E-state index in [1.54, 1.807) is 0 Å². The van der Waals surface area contributed by atoms with Gasteiger partial charge in [0.25, 0.3) is 0 Å². The topological polar surface area (TPSA) is 43.4 Å². The second-order valence-electron chi connectivity index (χ2n) is 5.47. The van der Waals surface area contributed by atoms with Crippen molar-refractivity contribution < 1.29 is 9.90 Å². The zero-order chi connectivity index (χ0) is 12.4. The molecule has 17 heavy (non-hydrogen) atoms. The number of likely N-dealkylation sites (tertiary alicyclic amines) is 1. The van der Waals surface area contributed by atoms with Gasteiger partial charge in [-0.05, 0) is 43.7 Å². The minimum Gasteiger partial charge on any atom is -0.545 e. The van der Waals surface area contributed by atoms with Gasteiger partial charge in [0.2, 0.25) is 0 Å². The number of nitrogens with zero attached hydrogens (tertiary/aromatic N) is 1. The summed E-state index contributed by atoms with van der Waals surface area (Å²) in [4.78, 5) is 13.6. The molecule has 1 aliphatic carbocycles. The maximum absolute atomic E-state index is 11.3. The van der Waals surface area contributed by atoms with E-state index in [-0.39, 0.29) is 0 Å². The molecule has 3 nitrogen and oxygen atoms in total. The minimum absolute atomic E-state index is 0.453. The maximum Gasteiger partial charge on any atom is 0.0674 e. The summed E-state index contributed by atoms with van der Waals surface area (Å²) in [6.45, 7) is 3.97. The summed E-state index contributed by atoms with van der Waals surface area (Å²) < 4.78 is 0. The van der Waals surface area contributed by atoms with Crippen LogP contribution in [0.3, 0.4) is 0 Å². The number of carboxylic acids is 1. The molecule has 1 aliphatic heterocycles. The van der Waals surface area contributed by atoms with Crippen molar-refractivity contribution in [3.63, 3.8) is 0 Å². The SMILES string of the molecule is CCC(C(=O)[O-])=C1C2CCCCC1CN(C)C2. The number of hydrogen-bond donors (Lipinski definition) is 0. The number of piperidine rings is 1. The third kappa shape index (κ3) is 2.54. The summed E-state index contributed by atoms with van der Waals surface area (Å²) in [5.41, 5.74) is 1.82. The summed E-state index contributed by atoms with van der Waals surface area (Å²) in [5.74, 6) is -0.0350. The number of aliphatic carboxylic acids is 1. The van der Waals surface area contributed by atoms with Crippen LogP contribution in [0, 0.1) is 11.8 Å². The molecule has 0 N–H and O–H groups in total. The standard InChI is InChI=1S/C14H23NO2/c1-3-12(14(16)17)13-10-6-4-5-7-11(13)9-15(2)8-10/h10-11H,3-9H2,1-2H3,(H,16,17)/p-1. The Labute approximate surface area is 103 Å². The largest absolute Gasteiger partial charge is 0.545 e. The van der Waals surface area contributed by atoms with Gasteiger partial charge in [-0.15, -0.1) is 0 Å². The highest BCUT2D eigenvalue weighted by atomic mass is 16.4. The molecule has 2 aliphatic rings. The predicted octanol–water partition coefficient (Wildman–Crippen LogP) is 1.19. The maximum atomic E-state index is 11.3. The van der Waals surface area contributed by atoms with Gasteiger partial charge < -0.3 is 14.8 Å². The fourth-order valence-corrected chi connectivity index (χ4v) is 3.59. The van der Waals surface area contributed by atoms with Crippen LogP contribution in [-0.4, -0.2) is 31.0 Å². The van der Waals surface area contributed by atoms with Crippen molar-refractivity contribution in [1.29, 1.82) is 0 Å². The molecule has 2 bridgehead atoms. The first-order chi connectivity index (χ1) is 8.13. The van der Waals surface area contributed by atoms with Crippen LogP contribution in [0.15, 0.2) is 11.1 Å². The zero-order valence-electron chi connectivity index (χ0n) is 10.9. The van der Waals surface area contributed by atoms with Crippen LogP contribution in [0.5, 0.6) is 0 Å². The third-order valence-corrected chi connectivity index (χ3v) is 4.25. The molecule has 1 saturated carbocycles. The molecule has 2 atom stereocenters. The first-order valence-electron chi connectivity index (χ1n) is 6.76. The lowest BCUT2D eigenvalue weighted by Gasteiger charge is -2.38. The molecule has 2 fully saturated rings. The number of carbonyl (C=O) groups excluding carboxylic acids is 1. The van der Waals surface area contributed by atoms with Gasteiger partial charge in [-0.3, -0.25) is 0 Å². The number of carbonyl (C=O) groups is 1. The molecule has 0 aromatic heterocycles. The Morgan fingerprint density at radius 3 is 2.24 bits per heavy atom. The van der Waals surface area contributed by atoms with Crippen LogP contribution in [0.2, 0.25) is 0 Å². The van der Waals surface area contributed by atoms with Crippen LogP contribution < -0.4 is 5.11 Å². The summed E-state index contributed by atoms with van der Waals surface area (Å²) in [6.07, 6.45) is 5.37. The molecular formula is C14H22NO2-. The van der Waals surface area contributed by atoms with Crippen molar-refractivity contribution in [2.45, 2.75) is 39.0 Å². The van der Waals surface area contributed by atoms with Gasteiger partial charge in [-0.1, -0.05) is 25.3 Å². The van der Waals surface area contributed by atoms with Gasteiger partial charge in [0.15, 0.2) is 0 Å². The van der Waals surface area contributed by atoms with E-state index in [0.717, 1.165) is 25.9 Å². The van der Waals surface area contributed by atoms with Crippen LogP contribution in [-0.2, 0) is 4.79 Å². The van der Waals surface area contributed by atoms with E-state index < -0.39 is 5.97 Å². The summed E-state index contributed by atoms with van der Waals surface area (Å²) in [6, 6.07) is 0. The Kier molecular flexibility index (Phi) is 3.87. The molecule has 1 heterocycles. The second-order valence-corrected chi connectivity index (χ2v) is 5.47. The summed E-state index contributed by atoms with van der Waals surface area (Å²) in [7, 11) is 2.15. The molecule has 96 valence electrons. The van der Waals surface area contributed by atoms with E-state index in [1.807, 2.05) is 6.92 Å². The molecule has 0 spiro atoms. The zero-order valence-corrected chi connectivity index (χ0v) is 10.9. The van der Waals surface area contributed by atoms with E-state index in [2.05, 4.69) is 11.9 Å². The van der Waals surface area contributed by atoms with Crippen molar-refractivity contribution in [2.24, 2.45) is 11.8 Å². The van der Waals surface area contributed by atoms with Crippen molar-refractivity contribution in [2.75, 3.05) is 20.1 Å². The Balaban J connectivity index is 2.39. The number of fused-ring (bicyclic) bond motifs is 2. The van der Waals surface area contributed by atoms with Crippen molar-refractivity contribution in [3.05, 3.63) is 11.1 Å². The van der Waals surface area contributed by atoms with Crippen molar-refractivity contribution >= 4 is 5.97 Å². The van der Waals surface area contributed by atoms with E-state index in [1.165, 1.54) is 18.4 Å². The normalized spacial score (nSPS) is 29.9. The van der Waals surface area contributed by atoms with Crippen molar-refractivity contribution in [1.82, 2.24) is 4.90 Å². The van der Waals surface area contributed by atoms with Gasteiger partial charge >= 0.3 is 0 Å². The average Bonchev–Trinajstić information content (AvgIpc) is 2.40. The van der Waals surface area contributed by atoms with Crippen LogP contribution >= 0.6 is 0 Å². The van der Waals surface area contributed by atoms with E-state index in [4.69, 9.17) is 0 Å². The number of hydrogen-bond acceptors (Lipinski definition) is 3. The summed E-state index contributed by atoms with van der Waals surface area (Å²) in [5, 5.41) is 11.3. The Morgan fingerprint density at radius 1 is 1.29 bits per heavy atom. The second kappa shape index (κ2) is 5.21. The van der Waals surface area contributed by atoms with Gasteiger partial charge in [0.05, 0.1) is 5.97 Å². The molecule has 0 aromatic carbocycles. The smallest absolute Gasteiger partial charge is 0.0674 e. The third-order valence-electron chi connectivity index (χ3n) is 4.25. The lowest BCUT2D eigenvalue weighted by Crippen LogP contribution is -2.41. The molecule has 1 saturated heterocycles. The molecule has 3 heteroatoms. The molecule has 0 aromatic rings. The lowest BCUT2D eigenvalue weighted by atomic mass is 9.79. The van der Waals surface area contributed by atoms with E-state index in [0.29, 0.717) is 23.8 Å². The highest BCUT2D eigenvalue weighted by molar-refractivity contribution is 5.85. The number of carboxylic acid groups (broad SMARTS) is 1. The molecular weight excluding hydrogens is 214 g/mol.